The first-order chi connectivity index (χ1) is 9.38. The Kier molecular flexibility index (Phi) is 2.98. The highest BCUT2D eigenvalue weighted by Crippen LogP contribution is 2.23. The van der Waals surface area contributed by atoms with Gasteiger partial charge < -0.3 is 4.74 Å². The summed E-state index contributed by atoms with van der Waals surface area (Å²) in [5, 5.41) is 8.14. The molecule has 0 saturated carbocycles. The van der Waals surface area contributed by atoms with Crippen molar-refractivity contribution in [3.05, 3.63) is 60.8 Å². The van der Waals surface area contributed by atoms with Gasteiger partial charge in [-0.2, -0.15) is 0 Å². The van der Waals surface area contributed by atoms with Crippen LogP contribution < -0.4 is 4.74 Å². The molecule has 0 aliphatic carbocycles. The molecule has 1 heterocycles. The fraction of sp³-hybridized carbons (Fsp3) is 0.0667. The monoisotopic (exact) mass is 251 g/mol. The maximum atomic E-state index is 5.16. The summed E-state index contributed by atoms with van der Waals surface area (Å²) >= 11 is 0. The predicted octanol–water partition coefficient (Wildman–Crippen LogP) is 2.94. The molecule has 94 valence electrons. The Morgan fingerprint density at radius 2 is 1.68 bits per heavy atom. The van der Waals surface area contributed by atoms with E-state index in [-0.39, 0.29) is 0 Å². The largest absolute Gasteiger partial charge is 0.497 e. The highest BCUT2D eigenvalue weighted by Gasteiger charge is 2.08. The molecule has 0 amide bonds. The van der Waals surface area contributed by atoms with E-state index in [9.17, 15) is 0 Å². The normalized spacial score (nSPS) is 10.4. The average Bonchev–Trinajstić information content (AvgIpc) is 2.98. The van der Waals surface area contributed by atoms with Crippen molar-refractivity contribution in [1.29, 1.82) is 0 Å². The maximum Gasteiger partial charge on any atom is 0.118 e. The number of rotatable bonds is 3. The predicted molar refractivity (Wildman–Crippen MR) is 73.3 cm³/mol. The second-order valence-corrected chi connectivity index (χ2v) is 4.10. The van der Waals surface area contributed by atoms with E-state index in [0.717, 1.165) is 22.7 Å². The molecule has 1 aromatic heterocycles. The summed E-state index contributed by atoms with van der Waals surface area (Å²) < 4.78 is 6.98. The molecule has 0 aliphatic rings. The second kappa shape index (κ2) is 4.94. The lowest BCUT2D eigenvalue weighted by Gasteiger charge is -2.06. The summed E-state index contributed by atoms with van der Waals surface area (Å²) in [5.41, 5.74) is 2.99. The van der Waals surface area contributed by atoms with Crippen molar-refractivity contribution in [3.63, 3.8) is 0 Å². The van der Waals surface area contributed by atoms with Gasteiger partial charge in [0.25, 0.3) is 0 Å². The summed E-state index contributed by atoms with van der Waals surface area (Å²) in [6.07, 6.45) is 1.76. The Labute approximate surface area is 111 Å². The van der Waals surface area contributed by atoms with Crippen molar-refractivity contribution in [2.45, 2.75) is 0 Å². The summed E-state index contributed by atoms with van der Waals surface area (Å²) in [5.74, 6) is 0.836. The number of hydrogen-bond acceptors (Lipinski definition) is 3. The number of hydrogen-bond donors (Lipinski definition) is 0. The summed E-state index contributed by atoms with van der Waals surface area (Å²) in [4.78, 5) is 0. The summed E-state index contributed by atoms with van der Waals surface area (Å²) in [6.45, 7) is 0. The van der Waals surface area contributed by atoms with Gasteiger partial charge in [0.15, 0.2) is 0 Å². The first-order valence-corrected chi connectivity index (χ1v) is 5.99. The van der Waals surface area contributed by atoms with E-state index in [1.807, 2.05) is 59.3 Å². The van der Waals surface area contributed by atoms with Gasteiger partial charge in [-0.15, -0.1) is 5.10 Å². The zero-order valence-electron chi connectivity index (χ0n) is 10.5. The van der Waals surface area contributed by atoms with Crippen molar-refractivity contribution in [2.24, 2.45) is 0 Å². The molecule has 0 saturated heterocycles. The molecular weight excluding hydrogens is 238 g/mol. The highest BCUT2D eigenvalue weighted by molar-refractivity contribution is 5.61. The average molecular weight is 251 g/mol. The summed E-state index contributed by atoms with van der Waals surface area (Å²) in [6, 6.07) is 17.8. The van der Waals surface area contributed by atoms with E-state index in [0.29, 0.717) is 0 Å². The molecule has 0 radical (unpaired) electrons. The Hall–Kier alpha value is -2.62. The van der Waals surface area contributed by atoms with Crippen LogP contribution in [0.3, 0.4) is 0 Å². The third-order valence-corrected chi connectivity index (χ3v) is 2.94. The van der Waals surface area contributed by atoms with Crippen molar-refractivity contribution in [3.8, 4) is 22.7 Å². The zero-order valence-corrected chi connectivity index (χ0v) is 10.5. The van der Waals surface area contributed by atoms with Crippen LogP contribution in [-0.4, -0.2) is 22.1 Å². The summed E-state index contributed by atoms with van der Waals surface area (Å²) in [7, 11) is 1.66. The van der Waals surface area contributed by atoms with Crippen LogP contribution in [-0.2, 0) is 0 Å². The van der Waals surface area contributed by atoms with Crippen LogP contribution in [0.25, 0.3) is 16.9 Å². The van der Waals surface area contributed by atoms with Crippen LogP contribution in [0.15, 0.2) is 60.8 Å². The van der Waals surface area contributed by atoms with Crippen LogP contribution in [0, 0.1) is 0 Å². The first-order valence-electron chi connectivity index (χ1n) is 5.99. The van der Waals surface area contributed by atoms with E-state index < -0.39 is 0 Å². The molecule has 19 heavy (non-hydrogen) atoms. The van der Waals surface area contributed by atoms with Gasteiger partial charge in [0.05, 0.1) is 24.7 Å². The van der Waals surface area contributed by atoms with Gasteiger partial charge in [0, 0.05) is 5.56 Å². The topological polar surface area (TPSA) is 39.9 Å². The van der Waals surface area contributed by atoms with Crippen LogP contribution in [0.4, 0.5) is 0 Å². The number of para-hydroxylation sites is 1. The van der Waals surface area contributed by atoms with Crippen molar-refractivity contribution in [2.75, 3.05) is 7.11 Å². The Bertz CT molecular complexity index is 659. The quantitative estimate of drug-likeness (QED) is 0.718. The zero-order chi connectivity index (χ0) is 13.1. The molecule has 4 heteroatoms. The molecule has 3 aromatic rings. The number of aromatic nitrogens is 3. The maximum absolute atomic E-state index is 5.16. The number of ether oxygens (including phenoxy) is 1. The minimum Gasteiger partial charge on any atom is -0.497 e. The Morgan fingerprint density at radius 3 is 2.37 bits per heavy atom. The van der Waals surface area contributed by atoms with Gasteiger partial charge in [-0.25, -0.2) is 4.68 Å². The van der Waals surface area contributed by atoms with Crippen LogP contribution in [0.1, 0.15) is 0 Å². The fourth-order valence-electron chi connectivity index (χ4n) is 1.95. The molecule has 4 nitrogen and oxygen atoms in total. The van der Waals surface area contributed by atoms with Crippen molar-refractivity contribution in [1.82, 2.24) is 15.0 Å². The minimum absolute atomic E-state index is 0.836. The number of nitrogens with zero attached hydrogens (tertiary/aromatic N) is 3. The van der Waals surface area contributed by atoms with E-state index in [1.165, 1.54) is 0 Å². The smallest absolute Gasteiger partial charge is 0.118 e. The molecule has 0 spiro atoms. The van der Waals surface area contributed by atoms with Crippen LogP contribution >= 0.6 is 0 Å². The molecular formula is C15H13N3O. The standard InChI is InChI=1S/C15H13N3O/c1-19-14-9-7-12(8-10-14)15-11-16-17-18(15)13-5-3-2-4-6-13/h2-11H,1H3. The van der Waals surface area contributed by atoms with Gasteiger partial charge in [0.1, 0.15) is 5.75 Å². The number of methoxy groups -OCH3 is 1. The van der Waals surface area contributed by atoms with Gasteiger partial charge in [0.2, 0.25) is 0 Å². The Morgan fingerprint density at radius 1 is 0.947 bits per heavy atom. The molecule has 0 aliphatic heterocycles. The van der Waals surface area contributed by atoms with E-state index >= 15 is 0 Å². The van der Waals surface area contributed by atoms with Crippen molar-refractivity contribution >= 4 is 0 Å². The van der Waals surface area contributed by atoms with Gasteiger partial charge in [-0.05, 0) is 36.4 Å². The highest BCUT2D eigenvalue weighted by atomic mass is 16.5. The van der Waals surface area contributed by atoms with E-state index in [2.05, 4.69) is 10.3 Å². The lowest BCUT2D eigenvalue weighted by Crippen LogP contribution is -1.98. The molecule has 0 fully saturated rings. The fourth-order valence-corrected chi connectivity index (χ4v) is 1.95. The van der Waals surface area contributed by atoms with Crippen molar-refractivity contribution < 1.29 is 4.74 Å². The van der Waals surface area contributed by atoms with Crippen LogP contribution in [0.5, 0.6) is 5.75 Å². The molecule has 0 bridgehead atoms. The van der Waals surface area contributed by atoms with E-state index in [1.54, 1.807) is 13.3 Å². The third-order valence-electron chi connectivity index (χ3n) is 2.94. The lowest BCUT2D eigenvalue weighted by molar-refractivity contribution is 0.415. The third kappa shape index (κ3) is 2.20. The molecule has 3 rings (SSSR count). The minimum atomic E-state index is 0.836. The van der Waals surface area contributed by atoms with Gasteiger partial charge in [-0.1, -0.05) is 23.4 Å². The lowest BCUT2D eigenvalue weighted by atomic mass is 10.1. The molecule has 0 unspecified atom stereocenters. The van der Waals surface area contributed by atoms with Gasteiger partial charge >= 0.3 is 0 Å². The van der Waals surface area contributed by atoms with Gasteiger partial charge in [-0.3, -0.25) is 0 Å². The SMILES string of the molecule is COc1ccc(-c2cnnn2-c2ccccc2)cc1. The number of benzene rings is 2. The Balaban J connectivity index is 2.04. The molecule has 0 atom stereocenters. The van der Waals surface area contributed by atoms with E-state index in [4.69, 9.17) is 4.74 Å². The first kappa shape index (κ1) is 11.5. The molecule has 2 aromatic carbocycles. The molecule has 0 N–H and O–H groups in total. The second-order valence-electron chi connectivity index (χ2n) is 4.10. The van der Waals surface area contributed by atoms with Crippen LogP contribution in [0.2, 0.25) is 0 Å².